The van der Waals surface area contributed by atoms with Gasteiger partial charge in [0.2, 0.25) is 5.91 Å². The van der Waals surface area contributed by atoms with Gasteiger partial charge < -0.3 is 9.64 Å². The number of halogens is 1. The predicted octanol–water partition coefficient (Wildman–Crippen LogP) is 3.23. The van der Waals surface area contributed by atoms with Crippen LogP contribution >= 0.6 is 23.4 Å². The molecule has 0 aliphatic carbocycles. The minimum atomic E-state index is -0.162. The van der Waals surface area contributed by atoms with E-state index in [0.29, 0.717) is 37.4 Å². The number of methoxy groups -OCH3 is 1. The molecule has 1 aliphatic rings. The minimum absolute atomic E-state index is 0.0579. The lowest BCUT2D eigenvalue weighted by Crippen LogP contribution is -2.40. The number of carbonyl (C=O) groups is 2. The van der Waals surface area contributed by atoms with Crippen molar-refractivity contribution in [2.45, 2.75) is 24.2 Å². The summed E-state index contributed by atoms with van der Waals surface area (Å²) in [5.74, 6) is 0.685. The monoisotopic (exact) mass is 341 g/mol. The van der Waals surface area contributed by atoms with Gasteiger partial charge in [0.25, 0.3) is 0 Å². The molecule has 4 nitrogen and oxygen atoms in total. The standard InChI is InChI=1S/C16H20ClNO3S/c1-21-16(20)12-6-9-18(10-7-12)15(19)8-11-22-14-4-2-13(17)3-5-14/h2-5,12H,6-11H2,1H3. The summed E-state index contributed by atoms with van der Waals surface area (Å²) in [5, 5.41) is 0.717. The first-order chi connectivity index (χ1) is 10.6. The Morgan fingerprint density at radius 1 is 1.27 bits per heavy atom. The summed E-state index contributed by atoms with van der Waals surface area (Å²) in [6, 6.07) is 7.62. The molecule has 1 amide bonds. The van der Waals surface area contributed by atoms with Crippen molar-refractivity contribution in [1.29, 1.82) is 0 Å². The Labute approximate surface area is 140 Å². The van der Waals surface area contributed by atoms with E-state index in [4.69, 9.17) is 16.3 Å². The lowest BCUT2D eigenvalue weighted by Gasteiger charge is -2.30. The third-order valence-electron chi connectivity index (χ3n) is 3.78. The maximum Gasteiger partial charge on any atom is 0.308 e. The van der Waals surface area contributed by atoms with Gasteiger partial charge in [0.05, 0.1) is 13.0 Å². The predicted molar refractivity (Wildman–Crippen MR) is 88.1 cm³/mol. The molecular formula is C16H20ClNO3S. The fourth-order valence-corrected chi connectivity index (χ4v) is 3.44. The van der Waals surface area contributed by atoms with E-state index < -0.39 is 0 Å². The molecule has 1 fully saturated rings. The Morgan fingerprint density at radius 3 is 2.50 bits per heavy atom. The van der Waals surface area contributed by atoms with Crippen LogP contribution in [0.1, 0.15) is 19.3 Å². The topological polar surface area (TPSA) is 46.6 Å². The summed E-state index contributed by atoms with van der Waals surface area (Å²) in [5.41, 5.74) is 0. The van der Waals surface area contributed by atoms with Crippen molar-refractivity contribution in [2.75, 3.05) is 26.0 Å². The van der Waals surface area contributed by atoms with Crippen LogP contribution in [-0.2, 0) is 14.3 Å². The van der Waals surface area contributed by atoms with Gasteiger partial charge in [0.15, 0.2) is 0 Å². The first-order valence-corrected chi connectivity index (χ1v) is 8.70. The van der Waals surface area contributed by atoms with Gasteiger partial charge in [-0.2, -0.15) is 0 Å². The highest BCUT2D eigenvalue weighted by atomic mass is 35.5. The number of hydrogen-bond donors (Lipinski definition) is 0. The van der Waals surface area contributed by atoms with E-state index in [1.54, 1.807) is 11.8 Å². The van der Waals surface area contributed by atoms with Gasteiger partial charge in [-0.25, -0.2) is 0 Å². The molecule has 6 heteroatoms. The fraction of sp³-hybridized carbons (Fsp3) is 0.500. The molecule has 120 valence electrons. The SMILES string of the molecule is COC(=O)C1CCN(C(=O)CCSc2ccc(Cl)cc2)CC1. The molecule has 2 rings (SSSR count). The number of amides is 1. The van der Waals surface area contributed by atoms with Gasteiger partial charge in [-0.1, -0.05) is 11.6 Å². The normalized spacial score (nSPS) is 15.6. The number of benzene rings is 1. The summed E-state index contributed by atoms with van der Waals surface area (Å²) in [7, 11) is 1.41. The zero-order valence-electron chi connectivity index (χ0n) is 12.6. The van der Waals surface area contributed by atoms with E-state index in [9.17, 15) is 9.59 Å². The largest absolute Gasteiger partial charge is 0.469 e. The van der Waals surface area contributed by atoms with Crippen molar-refractivity contribution >= 4 is 35.2 Å². The molecule has 1 aromatic carbocycles. The van der Waals surface area contributed by atoms with Crippen molar-refractivity contribution < 1.29 is 14.3 Å². The number of esters is 1. The van der Waals surface area contributed by atoms with Crippen molar-refractivity contribution in [3.63, 3.8) is 0 Å². The molecule has 0 aromatic heterocycles. The molecule has 22 heavy (non-hydrogen) atoms. The molecule has 0 bridgehead atoms. The molecular weight excluding hydrogens is 322 g/mol. The number of piperidine rings is 1. The van der Waals surface area contributed by atoms with Crippen LogP contribution in [0.2, 0.25) is 5.02 Å². The molecule has 0 saturated carbocycles. The first-order valence-electron chi connectivity index (χ1n) is 7.34. The molecule has 1 aliphatic heterocycles. The second kappa shape index (κ2) is 8.44. The zero-order chi connectivity index (χ0) is 15.9. The van der Waals surface area contributed by atoms with Crippen LogP contribution in [0.15, 0.2) is 29.2 Å². The molecule has 0 radical (unpaired) electrons. The molecule has 0 atom stereocenters. The molecule has 1 heterocycles. The van der Waals surface area contributed by atoms with Gasteiger partial charge in [-0.15, -0.1) is 11.8 Å². The summed E-state index contributed by atoms with van der Waals surface area (Å²) < 4.78 is 4.75. The summed E-state index contributed by atoms with van der Waals surface area (Å²) in [6.45, 7) is 1.29. The maximum absolute atomic E-state index is 12.2. The number of rotatable bonds is 5. The lowest BCUT2D eigenvalue weighted by molar-refractivity contribution is -0.148. The van der Waals surface area contributed by atoms with Crippen molar-refractivity contribution in [1.82, 2.24) is 4.90 Å². The van der Waals surface area contributed by atoms with Gasteiger partial charge >= 0.3 is 5.97 Å². The van der Waals surface area contributed by atoms with Crippen LogP contribution in [0.25, 0.3) is 0 Å². The van der Waals surface area contributed by atoms with E-state index in [2.05, 4.69) is 0 Å². The maximum atomic E-state index is 12.2. The number of nitrogens with zero attached hydrogens (tertiary/aromatic N) is 1. The highest BCUT2D eigenvalue weighted by Crippen LogP contribution is 2.23. The van der Waals surface area contributed by atoms with Gasteiger partial charge in [-0.3, -0.25) is 9.59 Å². The van der Waals surface area contributed by atoms with Gasteiger partial charge in [0, 0.05) is 35.2 Å². The van der Waals surface area contributed by atoms with E-state index in [1.165, 1.54) is 7.11 Å². The Morgan fingerprint density at radius 2 is 1.91 bits per heavy atom. The highest BCUT2D eigenvalue weighted by molar-refractivity contribution is 7.99. The van der Waals surface area contributed by atoms with Crippen LogP contribution in [0.5, 0.6) is 0 Å². The average molecular weight is 342 g/mol. The van der Waals surface area contributed by atoms with Gasteiger partial charge in [-0.05, 0) is 37.1 Å². The number of thioether (sulfide) groups is 1. The Balaban J connectivity index is 1.70. The smallest absolute Gasteiger partial charge is 0.308 e. The second-order valence-electron chi connectivity index (χ2n) is 5.23. The highest BCUT2D eigenvalue weighted by Gasteiger charge is 2.27. The van der Waals surface area contributed by atoms with Crippen molar-refractivity contribution in [3.05, 3.63) is 29.3 Å². The third kappa shape index (κ3) is 4.92. The van der Waals surface area contributed by atoms with Crippen LogP contribution in [-0.4, -0.2) is 42.7 Å². The summed E-state index contributed by atoms with van der Waals surface area (Å²) in [4.78, 5) is 26.6. The van der Waals surface area contributed by atoms with Crippen LogP contribution in [0, 0.1) is 5.92 Å². The van der Waals surface area contributed by atoms with Crippen molar-refractivity contribution in [2.24, 2.45) is 5.92 Å². The Kier molecular flexibility index (Phi) is 6.58. The van der Waals surface area contributed by atoms with Crippen LogP contribution in [0.3, 0.4) is 0 Å². The van der Waals surface area contributed by atoms with Crippen LogP contribution in [0.4, 0.5) is 0 Å². The molecule has 1 aromatic rings. The minimum Gasteiger partial charge on any atom is -0.469 e. The molecule has 0 spiro atoms. The quantitative estimate of drug-likeness (QED) is 0.609. The fourth-order valence-electron chi connectivity index (χ4n) is 2.48. The third-order valence-corrected chi connectivity index (χ3v) is 5.05. The van der Waals surface area contributed by atoms with E-state index in [-0.39, 0.29) is 17.8 Å². The first kappa shape index (κ1) is 17.2. The van der Waals surface area contributed by atoms with Crippen LogP contribution < -0.4 is 0 Å². The van der Waals surface area contributed by atoms with E-state index in [1.807, 2.05) is 29.2 Å². The van der Waals surface area contributed by atoms with Gasteiger partial charge in [0.1, 0.15) is 0 Å². The molecule has 1 saturated heterocycles. The summed E-state index contributed by atoms with van der Waals surface area (Å²) in [6.07, 6.45) is 1.90. The number of ether oxygens (including phenoxy) is 1. The second-order valence-corrected chi connectivity index (χ2v) is 6.84. The lowest BCUT2D eigenvalue weighted by atomic mass is 9.97. The molecule has 0 N–H and O–H groups in total. The number of hydrogen-bond acceptors (Lipinski definition) is 4. The average Bonchev–Trinajstić information content (AvgIpc) is 2.56. The number of likely N-dealkylation sites (tertiary alicyclic amines) is 1. The Bertz CT molecular complexity index is 513. The van der Waals surface area contributed by atoms with E-state index in [0.717, 1.165) is 10.6 Å². The zero-order valence-corrected chi connectivity index (χ0v) is 14.2. The summed E-state index contributed by atoms with van der Waals surface area (Å²) >= 11 is 7.49. The Hall–Kier alpha value is -1.20. The molecule has 0 unspecified atom stereocenters. The number of carbonyl (C=O) groups excluding carboxylic acids is 2. The van der Waals surface area contributed by atoms with E-state index >= 15 is 0 Å². The van der Waals surface area contributed by atoms with Crippen molar-refractivity contribution in [3.8, 4) is 0 Å².